The van der Waals surface area contributed by atoms with Crippen molar-refractivity contribution in [3.05, 3.63) is 29.8 Å². The second-order valence-corrected chi connectivity index (χ2v) is 4.51. The van der Waals surface area contributed by atoms with Crippen molar-refractivity contribution in [2.75, 3.05) is 12.4 Å². The van der Waals surface area contributed by atoms with Crippen molar-refractivity contribution in [1.82, 2.24) is 0 Å². The summed E-state index contributed by atoms with van der Waals surface area (Å²) in [4.78, 5) is 11.6. The summed E-state index contributed by atoms with van der Waals surface area (Å²) in [6.45, 7) is 0. The topological polar surface area (TPSA) is 62.1 Å². The van der Waals surface area contributed by atoms with Crippen molar-refractivity contribution in [3.8, 4) is 6.07 Å². The molecular formula is C14H16N2O2. The molecule has 0 heterocycles. The molecule has 1 aliphatic carbocycles. The van der Waals surface area contributed by atoms with Crippen LogP contribution >= 0.6 is 0 Å². The number of rotatable bonds is 5. The number of nitrogens with one attached hydrogen (secondary N) is 1. The van der Waals surface area contributed by atoms with Crippen molar-refractivity contribution < 1.29 is 9.53 Å². The average Bonchev–Trinajstić information content (AvgIpc) is 3.21. The molecule has 1 aromatic rings. The van der Waals surface area contributed by atoms with E-state index < -0.39 is 0 Å². The Hall–Kier alpha value is -2.02. The quantitative estimate of drug-likeness (QED) is 0.806. The Labute approximate surface area is 107 Å². The van der Waals surface area contributed by atoms with Gasteiger partial charge in [0.1, 0.15) is 6.04 Å². The van der Waals surface area contributed by atoms with E-state index in [1.807, 2.05) is 24.3 Å². The maximum absolute atomic E-state index is 11.6. The van der Waals surface area contributed by atoms with Gasteiger partial charge in [-0.3, -0.25) is 0 Å². The third-order valence-corrected chi connectivity index (χ3v) is 3.11. The van der Waals surface area contributed by atoms with Crippen LogP contribution in [0.2, 0.25) is 0 Å². The van der Waals surface area contributed by atoms with Gasteiger partial charge in [0.05, 0.1) is 19.6 Å². The monoisotopic (exact) mass is 244 g/mol. The Morgan fingerprint density at radius 2 is 2.17 bits per heavy atom. The van der Waals surface area contributed by atoms with Gasteiger partial charge in [-0.25, -0.2) is 4.79 Å². The molecule has 1 aliphatic rings. The Morgan fingerprint density at radius 3 is 2.67 bits per heavy atom. The molecule has 94 valence electrons. The summed E-state index contributed by atoms with van der Waals surface area (Å²) in [5, 5.41) is 11.8. The molecule has 1 N–H and O–H groups in total. The summed E-state index contributed by atoms with van der Waals surface area (Å²) < 4.78 is 4.80. The molecule has 0 aliphatic heterocycles. The number of esters is 1. The molecule has 1 aromatic carbocycles. The SMILES string of the molecule is COC(=O)C(Nc1ccc(CC#N)cc1)C1CC1. The van der Waals surface area contributed by atoms with E-state index in [0.29, 0.717) is 12.3 Å². The second kappa shape index (κ2) is 5.54. The van der Waals surface area contributed by atoms with Crippen LogP contribution in [0.25, 0.3) is 0 Å². The number of carbonyl (C=O) groups excluding carboxylic acids is 1. The molecule has 0 amide bonds. The maximum atomic E-state index is 11.6. The van der Waals surface area contributed by atoms with Crippen molar-refractivity contribution in [2.45, 2.75) is 25.3 Å². The summed E-state index contributed by atoms with van der Waals surface area (Å²) in [6.07, 6.45) is 2.54. The van der Waals surface area contributed by atoms with Gasteiger partial charge in [-0.1, -0.05) is 12.1 Å². The first-order valence-corrected chi connectivity index (χ1v) is 6.05. The molecule has 1 unspecified atom stereocenters. The number of anilines is 1. The molecular weight excluding hydrogens is 228 g/mol. The zero-order chi connectivity index (χ0) is 13.0. The number of nitriles is 1. The highest BCUT2D eigenvalue weighted by Gasteiger charge is 2.36. The van der Waals surface area contributed by atoms with Crippen LogP contribution in [0, 0.1) is 17.2 Å². The van der Waals surface area contributed by atoms with Gasteiger partial charge in [0.2, 0.25) is 0 Å². The van der Waals surface area contributed by atoms with Gasteiger partial charge in [0.15, 0.2) is 0 Å². The molecule has 1 fully saturated rings. The average molecular weight is 244 g/mol. The molecule has 0 radical (unpaired) electrons. The fourth-order valence-electron chi connectivity index (χ4n) is 1.92. The lowest BCUT2D eigenvalue weighted by atomic mass is 10.1. The zero-order valence-electron chi connectivity index (χ0n) is 10.3. The molecule has 0 saturated heterocycles. The summed E-state index contributed by atoms with van der Waals surface area (Å²) in [7, 11) is 1.41. The molecule has 1 saturated carbocycles. The normalized spacial score (nSPS) is 15.6. The van der Waals surface area contributed by atoms with Gasteiger partial charge in [-0.15, -0.1) is 0 Å². The summed E-state index contributed by atoms with van der Waals surface area (Å²) >= 11 is 0. The molecule has 18 heavy (non-hydrogen) atoms. The van der Waals surface area contributed by atoms with Crippen LogP contribution < -0.4 is 5.32 Å². The Kier molecular flexibility index (Phi) is 3.83. The van der Waals surface area contributed by atoms with E-state index in [2.05, 4.69) is 11.4 Å². The van der Waals surface area contributed by atoms with Crippen LogP contribution in [-0.2, 0) is 16.0 Å². The molecule has 0 aromatic heterocycles. The fourth-order valence-corrected chi connectivity index (χ4v) is 1.92. The van der Waals surface area contributed by atoms with E-state index >= 15 is 0 Å². The van der Waals surface area contributed by atoms with Gasteiger partial charge in [-0.2, -0.15) is 5.26 Å². The summed E-state index contributed by atoms with van der Waals surface area (Å²) in [6, 6.07) is 9.43. The van der Waals surface area contributed by atoms with Crippen LogP contribution in [0.15, 0.2) is 24.3 Å². The fraction of sp³-hybridized carbons (Fsp3) is 0.429. The largest absolute Gasteiger partial charge is 0.467 e. The number of hydrogen-bond acceptors (Lipinski definition) is 4. The number of ether oxygens (including phenoxy) is 1. The number of benzene rings is 1. The summed E-state index contributed by atoms with van der Waals surface area (Å²) in [5.41, 5.74) is 1.86. The standard InChI is InChI=1S/C14H16N2O2/c1-18-14(17)13(11-4-5-11)16-12-6-2-10(3-7-12)8-9-15/h2-3,6-7,11,13,16H,4-5,8H2,1H3. The highest BCUT2D eigenvalue weighted by Crippen LogP contribution is 2.34. The van der Waals surface area contributed by atoms with Crippen molar-refractivity contribution in [1.29, 1.82) is 5.26 Å². The Balaban J connectivity index is 2.02. The van der Waals surface area contributed by atoms with Crippen LogP contribution in [-0.4, -0.2) is 19.1 Å². The van der Waals surface area contributed by atoms with Crippen molar-refractivity contribution in [2.24, 2.45) is 5.92 Å². The smallest absolute Gasteiger partial charge is 0.328 e. The Bertz CT molecular complexity index is 458. The molecule has 4 heteroatoms. The van der Waals surface area contributed by atoms with Crippen LogP contribution in [0.3, 0.4) is 0 Å². The van der Waals surface area contributed by atoms with Crippen molar-refractivity contribution >= 4 is 11.7 Å². The Morgan fingerprint density at radius 1 is 1.50 bits per heavy atom. The minimum Gasteiger partial charge on any atom is -0.467 e. The highest BCUT2D eigenvalue weighted by atomic mass is 16.5. The van der Waals surface area contributed by atoms with E-state index in [4.69, 9.17) is 10.00 Å². The van der Waals surface area contributed by atoms with Gasteiger partial charge in [-0.05, 0) is 36.5 Å². The number of hydrogen-bond donors (Lipinski definition) is 1. The highest BCUT2D eigenvalue weighted by molar-refractivity contribution is 5.80. The van der Waals surface area contributed by atoms with Gasteiger partial charge >= 0.3 is 5.97 Å². The van der Waals surface area contributed by atoms with E-state index in [9.17, 15) is 4.79 Å². The van der Waals surface area contributed by atoms with E-state index in [-0.39, 0.29) is 12.0 Å². The minimum absolute atomic E-state index is 0.210. The zero-order valence-corrected chi connectivity index (χ0v) is 10.3. The summed E-state index contributed by atoms with van der Waals surface area (Å²) in [5.74, 6) is 0.176. The maximum Gasteiger partial charge on any atom is 0.328 e. The molecule has 0 bridgehead atoms. The predicted octanol–water partition coefficient (Wildman–Crippen LogP) is 2.12. The first kappa shape index (κ1) is 12.4. The third-order valence-electron chi connectivity index (χ3n) is 3.11. The lowest BCUT2D eigenvalue weighted by Gasteiger charge is -2.17. The third kappa shape index (κ3) is 3.01. The predicted molar refractivity (Wildman–Crippen MR) is 67.9 cm³/mol. The van der Waals surface area contributed by atoms with E-state index in [1.54, 1.807) is 0 Å². The van der Waals surface area contributed by atoms with E-state index in [0.717, 1.165) is 24.1 Å². The van der Waals surface area contributed by atoms with Gasteiger partial charge in [0.25, 0.3) is 0 Å². The van der Waals surface area contributed by atoms with Crippen molar-refractivity contribution in [3.63, 3.8) is 0 Å². The molecule has 1 atom stereocenters. The molecule has 4 nitrogen and oxygen atoms in total. The number of carbonyl (C=O) groups is 1. The number of methoxy groups -OCH3 is 1. The lowest BCUT2D eigenvalue weighted by Crippen LogP contribution is -2.32. The van der Waals surface area contributed by atoms with Crippen LogP contribution in [0.1, 0.15) is 18.4 Å². The molecule has 2 rings (SSSR count). The van der Waals surface area contributed by atoms with Gasteiger partial charge < -0.3 is 10.1 Å². The van der Waals surface area contributed by atoms with Crippen LogP contribution in [0.4, 0.5) is 5.69 Å². The molecule has 0 spiro atoms. The minimum atomic E-state index is -0.253. The second-order valence-electron chi connectivity index (χ2n) is 4.51. The first-order chi connectivity index (χ1) is 8.74. The first-order valence-electron chi connectivity index (χ1n) is 6.05. The van der Waals surface area contributed by atoms with Gasteiger partial charge in [0, 0.05) is 5.69 Å². The lowest BCUT2D eigenvalue weighted by molar-refractivity contribution is -0.142. The van der Waals surface area contributed by atoms with E-state index in [1.165, 1.54) is 7.11 Å². The number of nitrogens with zero attached hydrogens (tertiary/aromatic N) is 1. The van der Waals surface area contributed by atoms with Crippen LogP contribution in [0.5, 0.6) is 0 Å².